The predicted molar refractivity (Wildman–Crippen MR) is 88.8 cm³/mol. The van der Waals surface area contributed by atoms with Gasteiger partial charge in [-0.25, -0.2) is 0 Å². The maximum Gasteiger partial charge on any atom is 0.247 e. The van der Waals surface area contributed by atoms with Gasteiger partial charge in [0.2, 0.25) is 11.8 Å². The zero-order valence-corrected chi connectivity index (χ0v) is 14.0. The Bertz CT molecular complexity index is 551. The summed E-state index contributed by atoms with van der Waals surface area (Å²) in [6.45, 7) is 2.49. The summed E-state index contributed by atoms with van der Waals surface area (Å²) < 4.78 is 1.59. The highest BCUT2D eigenvalue weighted by Gasteiger charge is 2.21. The molecule has 0 aromatic carbocycles. The fraction of sp³-hybridized carbons (Fsp3) is 0.588. The smallest absolute Gasteiger partial charge is 0.247 e. The number of nitrogens with one attached hydrogen (secondary N) is 1. The average Bonchev–Trinajstić information content (AvgIpc) is 3.08. The first-order valence-electron chi connectivity index (χ1n) is 8.26. The highest BCUT2D eigenvalue weighted by molar-refractivity contribution is 5.86. The number of carbonyl (C=O) groups is 2. The fourth-order valence-corrected chi connectivity index (χ4v) is 2.79. The van der Waals surface area contributed by atoms with Crippen molar-refractivity contribution < 1.29 is 9.59 Å². The van der Waals surface area contributed by atoms with Crippen molar-refractivity contribution in [2.75, 3.05) is 20.1 Å². The van der Waals surface area contributed by atoms with Crippen molar-refractivity contribution in [2.45, 2.75) is 45.1 Å². The minimum absolute atomic E-state index is 0.0729. The lowest BCUT2D eigenvalue weighted by atomic mass is 9.97. The number of hydrogen-bond donors (Lipinski definition) is 1. The van der Waals surface area contributed by atoms with E-state index in [1.807, 2.05) is 0 Å². The number of nitrogens with zero attached hydrogens (tertiary/aromatic N) is 3. The SMILES string of the molecule is C[C@H](C(=O)N(C)CC(=O)NCCC1=CCCCC1)n1cccn1. The van der Waals surface area contributed by atoms with Crippen molar-refractivity contribution in [3.8, 4) is 0 Å². The van der Waals surface area contributed by atoms with Gasteiger partial charge in [-0.1, -0.05) is 11.6 Å². The maximum absolute atomic E-state index is 12.3. The molecular formula is C17H26N4O2. The highest BCUT2D eigenvalue weighted by atomic mass is 16.2. The van der Waals surface area contributed by atoms with Crippen LogP contribution in [0.5, 0.6) is 0 Å². The number of rotatable bonds is 7. The van der Waals surface area contributed by atoms with E-state index in [9.17, 15) is 9.59 Å². The lowest BCUT2D eigenvalue weighted by Gasteiger charge is -2.21. The molecule has 6 nitrogen and oxygen atoms in total. The number of allylic oxidation sites excluding steroid dienone is 1. The number of amides is 2. The van der Waals surface area contributed by atoms with Crippen molar-refractivity contribution in [2.24, 2.45) is 0 Å². The standard InChI is InChI=1S/C17H26N4O2/c1-14(21-12-6-10-19-21)17(23)20(2)13-16(22)18-11-9-15-7-4-3-5-8-15/h6-7,10,12,14H,3-5,8-9,11,13H2,1-2H3,(H,18,22)/t14-/m1/s1. The van der Waals surface area contributed by atoms with Crippen LogP contribution in [-0.2, 0) is 9.59 Å². The van der Waals surface area contributed by atoms with Gasteiger partial charge in [0.1, 0.15) is 6.04 Å². The van der Waals surface area contributed by atoms with Gasteiger partial charge in [-0.15, -0.1) is 0 Å². The molecule has 1 aliphatic rings. The first-order chi connectivity index (χ1) is 11.1. The van der Waals surface area contributed by atoms with Crippen molar-refractivity contribution in [1.82, 2.24) is 20.0 Å². The zero-order valence-electron chi connectivity index (χ0n) is 14.0. The molecule has 0 spiro atoms. The van der Waals surface area contributed by atoms with Crippen LogP contribution >= 0.6 is 0 Å². The molecular weight excluding hydrogens is 292 g/mol. The normalized spacial score (nSPS) is 15.7. The third-order valence-electron chi connectivity index (χ3n) is 4.19. The van der Waals surface area contributed by atoms with Gasteiger partial charge in [0, 0.05) is 26.0 Å². The molecule has 1 aromatic rings. The van der Waals surface area contributed by atoms with E-state index >= 15 is 0 Å². The molecule has 0 bridgehead atoms. The topological polar surface area (TPSA) is 67.2 Å². The van der Waals surface area contributed by atoms with Crippen LogP contribution in [0.1, 0.15) is 45.1 Å². The third-order valence-corrected chi connectivity index (χ3v) is 4.19. The van der Waals surface area contributed by atoms with E-state index < -0.39 is 6.04 Å². The van der Waals surface area contributed by atoms with E-state index in [-0.39, 0.29) is 18.4 Å². The molecule has 1 aromatic heterocycles. The highest BCUT2D eigenvalue weighted by Crippen LogP contribution is 2.19. The molecule has 0 fully saturated rings. The van der Waals surface area contributed by atoms with Crippen LogP contribution in [0.4, 0.5) is 0 Å². The fourth-order valence-electron chi connectivity index (χ4n) is 2.79. The molecule has 1 N–H and O–H groups in total. The van der Waals surface area contributed by atoms with Gasteiger partial charge in [0.25, 0.3) is 0 Å². The second-order valence-electron chi connectivity index (χ2n) is 6.06. The van der Waals surface area contributed by atoms with Gasteiger partial charge < -0.3 is 10.2 Å². The van der Waals surface area contributed by atoms with E-state index in [2.05, 4.69) is 16.5 Å². The van der Waals surface area contributed by atoms with Crippen LogP contribution in [0.2, 0.25) is 0 Å². The van der Waals surface area contributed by atoms with E-state index in [1.165, 1.54) is 23.3 Å². The quantitative estimate of drug-likeness (QED) is 0.781. The summed E-state index contributed by atoms with van der Waals surface area (Å²) in [5.41, 5.74) is 1.44. The molecule has 6 heteroatoms. The van der Waals surface area contributed by atoms with Crippen LogP contribution in [-0.4, -0.2) is 46.6 Å². The molecule has 0 saturated carbocycles. The number of aromatic nitrogens is 2. The Kier molecular flexibility index (Phi) is 6.38. The summed E-state index contributed by atoms with van der Waals surface area (Å²) >= 11 is 0. The molecule has 1 atom stereocenters. The average molecular weight is 318 g/mol. The summed E-state index contributed by atoms with van der Waals surface area (Å²) in [5.74, 6) is -0.247. The minimum atomic E-state index is -0.407. The van der Waals surface area contributed by atoms with Gasteiger partial charge >= 0.3 is 0 Å². The zero-order chi connectivity index (χ0) is 16.7. The lowest BCUT2D eigenvalue weighted by Crippen LogP contribution is -2.41. The monoisotopic (exact) mass is 318 g/mol. The van der Waals surface area contributed by atoms with E-state index in [4.69, 9.17) is 0 Å². The van der Waals surface area contributed by atoms with E-state index in [0.717, 1.165) is 19.3 Å². The number of carbonyl (C=O) groups excluding carboxylic acids is 2. The molecule has 0 unspecified atom stereocenters. The van der Waals surface area contributed by atoms with Gasteiger partial charge in [-0.3, -0.25) is 14.3 Å². The molecule has 0 saturated heterocycles. The second kappa shape index (κ2) is 8.50. The van der Waals surface area contributed by atoms with Crippen LogP contribution in [0.25, 0.3) is 0 Å². The van der Waals surface area contributed by atoms with Crippen molar-refractivity contribution in [3.05, 3.63) is 30.1 Å². The second-order valence-corrected chi connectivity index (χ2v) is 6.06. The summed E-state index contributed by atoms with van der Waals surface area (Å²) in [6, 6.07) is 1.37. The van der Waals surface area contributed by atoms with Crippen LogP contribution in [0, 0.1) is 0 Å². The third kappa shape index (κ3) is 5.23. The Hall–Kier alpha value is -2.11. The Morgan fingerprint density at radius 2 is 2.26 bits per heavy atom. The first-order valence-corrected chi connectivity index (χ1v) is 8.26. The Morgan fingerprint density at radius 3 is 2.91 bits per heavy atom. The lowest BCUT2D eigenvalue weighted by molar-refractivity contribution is -0.137. The van der Waals surface area contributed by atoms with Gasteiger partial charge in [0.15, 0.2) is 0 Å². The summed E-state index contributed by atoms with van der Waals surface area (Å²) in [7, 11) is 1.64. The van der Waals surface area contributed by atoms with Crippen molar-refractivity contribution >= 4 is 11.8 Å². The van der Waals surface area contributed by atoms with Gasteiger partial charge in [0.05, 0.1) is 6.54 Å². The molecule has 23 heavy (non-hydrogen) atoms. The Morgan fingerprint density at radius 1 is 1.43 bits per heavy atom. The molecule has 0 radical (unpaired) electrons. The molecule has 2 rings (SSSR count). The van der Waals surface area contributed by atoms with Crippen molar-refractivity contribution in [3.63, 3.8) is 0 Å². The van der Waals surface area contributed by atoms with Crippen LogP contribution < -0.4 is 5.32 Å². The molecule has 126 valence electrons. The van der Waals surface area contributed by atoms with Crippen LogP contribution in [0.15, 0.2) is 30.1 Å². The van der Waals surface area contributed by atoms with Crippen molar-refractivity contribution in [1.29, 1.82) is 0 Å². The van der Waals surface area contributed by atoms with Gasteiger partial charge in [-0.2, -0.15) is 5.10 Å². The van der Waals surface area contributed by atoms with Crippen LogP contribution in [0.3, 0.4) is 0 Å². The molecule has 1 aliphatic carbocycles. The number of likely N-dealkylation sites (N-methyl/N-ethyl adjacent to an activating group) is 1. The summed E-state index contributed by atoms with van der Waals surface area (Å²) in [4.78, 5) is 25.7. The molecule has 0 aliphatic heterocycles. The maximum atomic E-state index is 12.3. The molecule has 1 heterocycles. The summed E-state index contributed by atoms with van der Waals surface area (Å²) in [5, 5.41) is 6.96. The Balaban J connectivity index is 1.71. The summed E-state index contributed by atoms with van der Waals surface area (Å²) in [6.07, 6.45) is 11.4. The number of hydrogen-bond acceptors (Lipinski definition) is 3. The first kappa shape index (κ1) is 17.2. The Labute approximate surface area is 137 Å². The molecule has 2 amide bonds. The van der Waals surface area contributed by atoms with E-state index in [0.29, 0.717) is 6.54 Å². The van der Waals surface area contributed by atoms with E-state index in [1.54, 1.807) is 37.1 Å². The predicted octanol–water partition coefficient (Wildman–Crippen LogP) is 1.91. The largest absolute Gasteiger partial charge is 0.354 e. The van der Waals surface area contributed by atoms with Gasteiger partial charge in [-0.05, 0) is 45.1 Å². The minimum Gasteiger partial charge on any atom is -0.354 e.